The Hall–Kier alpha value is -2.80. The lowest BCUT2D eigenvalue weighted by Gasteiger charge is -2.07. The van der Waals surface area contributed by atoms with E-state index in [9.17, 15) is 9.18 Å². The van der Waals surface area contributed by atoms with E-state index in [0.29, 0.717) is 22.5 Å². The molecule has 0 radical (unpaired) electrons. The van der Waals surface area contributed by atoms with Crippen LogP contribution in [0.5, 0.6) is 0 Å². The predicted octanol–water partition coefficient (Wildman–Crippen LogP) is 1.60. The zero-order chi connectivity index (χ0) is 16.4. The summed E-state index contributed by atoms with van der Waals surface area (Å²) in [7, 11) is 0. The smallest absolute Gasteiger partial charge is 0.257 e. The fourth-order valence-corrected chi connectivity index (χ4v) is 2.39. The van der Waals surface area contributed by atoms with E-state index in [1.165, 1.54) is 12.1 Å². The van der Waals surface area contributed by atoms with Crippen LogP contribution < -0.4 is 5.32 Å². The highest BCUT2D eigenvalue weighted by atomic mass is 19.1. The first-order valence-corrected chi connectivity index (χ1v) is 7.06. The second-order valence-corrected chi connectivity index (χ2v) is 5.11. The first kappa shape index (κ1) is 15.1. The molecule has 2 N–H and O–H groups in total. The van der Waals surface area contributed by atoms with Crippen LogP contribution in [0.1, 0.15) is 27.2 Å². The van der Waals surface area contributed by atoms with E-state index in [4.69, 9.17) is 5.11 Å². The average molecular weight is 314 g/mol. The number of hydrogen-bond acceptors (Lipinski definition) is 4. The maximum Gasteiger partial charge on any atom is 0.257 e. The Labute approximate surface area is 131 Å². The Morgan fingerprint density at radius 2 is 2.26 bits per heavy atom. The lowest BCUT2D eigenvalue weighted by Crippen LogP contribution is -2.23. The summed E-state index contributed by atoms with van der Waals surface area (Å²) in [5.74, 6) is -0.767. The molecule has 0 saturated carbocycles. The first-order valence-electron chi connectivity index (χ1n) is 7.06. The Balaban J connectivity index is 1.80. The van der Waals surface area contributed by atoms with Crippen molar-refractivity contribution >= 4 is 11.6 Å². The molecule has 2 aromatic heterocycles. The molecule has 3 aromatic rings. The Bertz CT molecular complexity index is 876. The lowest BCUT2D eigenvalue weighted by atomic mass is 10.1. The SMILES string of the molecule is Cc1nn2cccnc2c1C(=O)NCc1ccc(F)c(CO)c1. The molecule has 0 aliphatic heterocycles. The maximum atomic E-state index is 13.4. The van der Waals surface area contributed by atoms with E-state index in [1.807, 2.05) is 0 Å². The molecular weight excluding hydrogens is 299 g/mol. The van der Waals surface area contributed by atoms with Crippen molar-refractivity contribution in [1.29, 1.82) is 0 Å². The van der Waals surface area contributed by atoms with Crippen LogP contribution in [0.25, 0.3) is 5.65 Å². The Morgan fingerprint density at radius 3 is 3.04 bits per heavy atom. The number of carbonyl (C=O) groups excluding carboxylic acids is 1. The summed E-state index contributed by atoms with van der Waals surface area (Å²) in [6.07, 6.45) is 3.32. The second kappa shape index (κ2) is 6.13. The van der Waals surface area contributed by atoms with Crippen molar-refractivity contribution in [1.82, 2.24) is 19.9 Å². The zero-order valence-corrected chi connectivity index (χ0v) is 12.5. The number of benzene rings is 1. The minimum atomic E-state index is -0.467. The summed E-state index contributed by atoms with van der Waals surface area (Å²) in [5, 5.41) is 16.1. The molecule has 2 heterocycles. The van der Waals surface area contributed by atoms with Crippen molar-refractivity contribution in [2.75, 3.05) is 0 Å². The van der Waals surface area contributed by atoms with E-state index in [0.717, 1.165) is 0 Å². The van der Waals surface area contributed by atoms with Crippen LogP contribution in [0, 0.1) is 12.7 Å². The minimum Gasteiger partial charge on any atom is -0.392 e. The fourth-order valence-electron chi connectivity index (χ4n) is 2.39. The third-order valence-corrected chi connectivity index (χ3v) is 3.53. The van der Waals surface area contributed by atoms with Gasteiger partial charge in [0.25, 0.3) is 5.91 Å². The van der Waals surface area contributed by atoms with Gasteiger partial charge in [0.15, 0.2) is 5.65 Å². The third kappa shape index (κ3) is 2.91. The van der Waals surface area contributed by atoms with Gasteiger partial charge in [0.05, 0.1) is 12.3 Å². The molecular formula is C16H15FN4O2. The molecule has 0 unspecified atom stereocenters. The van der Waals surface area contributed by atoms with Gasteiger partial charge < -0.3 is 10.4 Å². The van der Waals surface area contributed by atoms with Crippen molar-refractivity contribution in [2.24, 2.45) is 0 Å². The molecule has 1 aromatic carbocycles. The van der Waals surface area contributed by atoms with Gasteiger partial charge in [0.2, 0.25) is 0 Å². The lowest BCUT2D eigenvalue weighted by molar-refractivity contribution is 0.0951. The van der Waals surface area contributed by atoms with Gasteiger partial charge in [-0.1, -0.05) is 6.07 Å². The molecule has 7 heteroatoms. The number of aromatic nitrogens is 3. The van der Waals surface area contributed by atoms with Crippen LogP contribution in [-0.2, 0) is 13.2 Å². The van der Waals surface area contributed by atoms with Gasteiger partial charge in [-0.15, -0.1) is 0 Å². The van der Waals surface area contributed by atoms with Crippen LogP contribution >= 0.6 is 0 Å². The number of halogens is 1. The molecule has 118 valence electrons. The van der Waals surface area contributed by atoms with Gasteiger partial charge in [-0.25, -0.2) is 13.9 Å². The van der Waals surface area contributed by atoms with Crippen molar-refractivity contribution in [3.63, 3.8) is 0 Å². The monoisotopic (exact) mass is 314 g/mol. The van der Waals surface area contributed by atoms with Crippen molar-refractivity contribution < 1.29 is 14.3 Å². The highest BCUT2D eigenvalue weighted by Crippen LogP contribution is 2.14. The number of aryl methyl sites for hydroxylation is 1. The Kier molecular flexibility index (Phi) is 4.03. The zero-order valence-electron chi connectivity index (χ0n) is 12.5. The van der Waals surface area contributed by atoms with E-state index >= 15 is 0 Å². The fraction of sp³-hybridized carbons (Fsp3) is 0.188. The van der Waals surface area contributed by atoms with E-state index < -0.39 is 5.82 Å². The number of aliphatic hydroxyl groups excluding tert-OH is 1. The van der Waals surface area contributed by atoms with E-state index in [1.54, 1.807) is 36.0 Å². The van der Waals surface area contributed by atoms with Crippen LogP contribution in [-0.4, -0.2) is 25.6 Å². The van der Waals surface area contributed by atoms with Crippen molar-refractivity contribution in [3.8, 4) is 0 Å². The Morgan fingerprint density at radius 1 is 1.43 bits per heavy atom. The summed E-state index contributed by atoms with van der Waals surface area (Å²) in [6.45, 7) is 1.58. The topological polar surface area (TPSA) is 79.5 Å². The molecule has 0 bridgehead atoms. The molecule has 0 spiro atoms. The second-order valence-electron chi connectivity index (χ2n) is 5.11. The number of fused-ring (bicyclic) bond motifs is 1. The summed E-state index contributed by atoms with van der Waals surface area (Å²) < 4.78 is 14.9. The summed E-state index contributed by atoms with van der Waals surface area (Å²) in [6, 6.07) is 6.10. The number of carbonyl (C=O) groups is 1. The third-order valence-electron chi connectivity index (χ3n) is 3.53. The molecule has 0 aliphatic rings. The van der Waals surface area contributed by atoms with Crippen LogP contribution in [0.4, 0.5) is 4.39 Å². The van der Waals surface area contributed by atoms with Crippen LogP contribution in [0.3, 0.4) is 0 Å². The number of nitrogens with zero attached hydrogens (tertiary/aromatic N) is 3. The van der Waals surface area contributed by atoms with E-state index in [-0.39, 0.29) is 24.6 Å². The summed E-state index contributed by atoms with van der Waals surface area (Å²) >= 11 is 0. The molecule has 0 aliphatic carbocycles. The number of nitrogens with one attached hydrogen (secondary N) is 1. The number of amides is 1. The van der Waals surface area contributed by atoms with Crippen molar-refractivity contribution in [2.45, 2.75) is 20.1 Å². The average Bonchev–Trinajstić information content (AvgIpc) is 2.89. The molecule has 3 rings (SSSR count). The minimum absolute atomic E-state index is 0.200. The molecule has 6 nitrogen and oxygen atoms in total. The predicted molar refractivity (Wildman–Crippen MR) is 81.2 cm³/mol. The normalized spacial score (nSPS) is 10.9. The van der Waals surface area contributed by atoms with E-state index in [2.05, 4.69) is 15.4 Å². The summed E-state index contributed by atoms with van der Waals surface area (Å²) in [4.78, 5) is 16.6. The highest BCUT2D eigenvalue weighted by molar-refractivity contribution is 6.00. The largest absolute Gasteiger partial charge is 0.392 e. The first-order chi connectivity index (χ1) is 11.1. The van der Waals surface area contributed by atoms with Gasteiger partial charge in [-0.05, 0) is 30.7 Å². The standard InChI is InChI=1S/C16H15FN4O2/c1-10-14(15-18-5-2-6-21(15)20-10)16(23)19-8-11-3-4-13(17)12(7-11)9-22/h2-7,22H,8-9H2,1H3,(H,19,23). The summed E-state index contributed by atoms with van der Waals surface area (Å²) in [5.41, 5.74) is 2.38. The van der Waals surface area contributed by atoms with Crippen molar-refractivity contribution in [3.05, 3.63) is 64.9 Å². The maximum absolute atomic E-state index is 13.4. The number of rotatable bonds is 4. The van der Waals surface area contributed by atoms with Gasteiger partial charge >= 0.3 is 0 Å². The van der Waals surface area contributed by atoms with Gasteiger partial charge in [-0.2, -0.15) is 5.10 Å². The number of hydrogen-bond donors (Lipinski definition) is 2. The quantitative estimate of drug-likeness (QED) is 0.766. The molecule has 1 amide bonds. The highest BCUT2D eigenvalue weighted by Gasteiger charge is 2.17. The van der Waals surface area contributed by atoms with Gasteiger partial charge in [-0.3, -0.25) is 4.79 Å². The van der Waals surface area contributed by atoms with Gasteiger partial charge in [0, 0.05) is 24.5 Å². The molecule has 0 fully saturated rings. The molecule has 23 heavy (non-hydrogen) atoms. The molecule has 0 atom stereocenters. The van der Waals surface area contributed by atoms with Crippen LogP contribution in [0.2, 0.25) is 0 Å². The number of aliphatic hydroxyl groups is 1. The molecule has 0 saturated heterocycles. The van der Waals surface area contributed by atoms with Gasteiger partial charge in [0.1, 0.15) is 11.4 Å². The van der Waals surface area contributed by atoms with Crippen LogP contribution in [0.15, 0.2) is 36.7 Å².